The second-order valence-electron chi connectivity index (χ2n) is 2.39. The van der Waals surface area contributed by atoms with Gasteiger partial charge in [-0.05, 0) is 13.0 Å². The number of rotatable bonds is 1. The highest BCUT2D eigenvalue weighted by Crippen LogP contribution is 2.01. The predicted molar refractivity (Wildman–Crippen MR) is 43.9 cm³/mol. The van der Waals surface area contributed by atoms with Crippen LogP contribution in [0.15, 0.2) is 30.9 Å². The Hall–Kier alpha value is -1.71. The van der Waals surface area contributed by atoms with Crippen molar-refractivity contribution in [3.05, 3.63) is 36.7 Å². The molecule has 0 bridgehead atoms. The van der Waals surface area contributed by atoms with Crippen LogP contribution in [0.4, 0.5) is 0 Å². The van der Waals surface area contributed by atoms with Crippen molar-refractivity contribution in [2.24, 2.45) is 0 Å². The SMILES string of the molecule is Cc1nccn1-c1ncccn1. The molecule has 2 aromatic rings. The standard InChI is InChI=1S/C8H8N4/c1-7-9-5-6-12(7)8-10-3-2-4-11-8/h2-6H,1H3. The molecule has 0 aliphatic rings. The van der Waals surface area contributed by atoms with Crippen molar-refractivity contribution >= 4 is 0 Å². The van der Waals surface area contributed by atoms with Crippen molar-refractivity contribution in [2.45, 2.75) is 6.92 Å². The fraction of sp³-hybridized carbons (Fsp3) is 0.125. The normalized spacial score (nSPS) is 10.1. The molecular weight excluding hydrogens is 152 g/mol. The van der Waals surface area contributed by atoms with Crippen LogP contribution in [0.1, 0.15) is 5.82 Å². The zero-order valence-electron chi connectivity index (χ0n) is 6.68. The fourth-order valence-electron chi connectivity index (χ4n) is 1.00. The summed E-state index contributed by atoms with van der Waals surface area (Å²) in [6, 6.07) is 1.79. The Balaban J connectivity index is 2.51. The topological polar surface area (TPSA) is 43.6 Å². The third-order valence-electron chi connectivity index (χ3n) is 1.59. The second kappa shape index (κ2) is 2.73. The first-order valence-corrected chi connectivity index (χ1v) is 3.65. The average molecular weight is 160 g/mol. The minimum atomic E-state index is 0.660. The van der Waals surface area contributed by atoms with Crippen molar-refractivity contribution in [1.82, 2.24) is 19.5 Å². The van der Waals surface area contributed by atoms with Crippen LogP contribution in [0.3, 0.4) is 0 Å². The quantitative estimate of drug-likeness (QED) is 0.624. The Morgan fingerprint density at radius 1 is 1.08 bits per heavy atom. The molecule has 4 heteroatoms. The van der Waals surface area contributed by atoms with Crippen LogP contribution in [-0.4, -0.2) is 19.5 Å². The molecule has 4 nitrogen and oxygen atoms in total. The van der Waals surface area contributed by atoms with E-state index in [9.17, 15) is 0 Å². The number of nitrogens with zero attached hydrogens (tertiary/aromatic N) is 4. The van der Waals surface area contributed by atoms with Crippen LogP contribution in [0.25, 0.3) is 5.95 Å². The highest BCUT2D eigenvalue weighted by Gasteiger charge is 1.99. The zero-order valence-corrected chi connectivity index (χ0v) is 6.68. The third-order valence-corrected chi connectivity index (χ3v) is 1.59. The predicted octanol–water partition coefficient (Wildman–Crippen LogP) is 0.971. The van der Waals surface area contributed by atoms with Gasteiger partial charge in [0.2, 0.25) is 5.95 Å². The minimum Gasteiger partial charge on any atom is -0.272 e. The van der Waals surface area contributed by atoms with E-state index in [4.69, 9.17) is 0 Å². The molecule has 0 aromatic carbocycles. The van der Waals surface area contributed by atoms with Gasteiger partial charge in [-0.15, -0.1) is 0 Å². The van der Waals surface area contributed by atoms with Crippen molar-refractivity contribution < 1.29 is 0 Å². The molecule has 0 saturated carbocycles. The highest BCUT2D eigenvalue weighted by atomic mass is 15.2. The summed E-state index contributed by atoms with van der Waals surface area (Å²) in [5, 5.41) is 0. The smallest absolute Gasteiger partial charge is 0.235 e. The van der Waals surface area contributed by atoms with E-state index in [1.807, 2.05) is 17.7 Å². The van der Waals surface area contributed by atoms with Crippen LogP contribution in [0, 0.1) is 6.92 Å². The summed E-state index contributed by atoms with van der Waals surface area (Å²) < 4.78 is 1.83. The van der Waals surface area contributed by atoms with Gasteiger partial charge in [0.05, 0.1) is 0 Å². The molecular formula is C8H8N4. The largest absolute Gasteiger partial charge is 0.272 e. The first-order valence-electron chi connectivity index (χ1n) is 3.65. The van der Waals surface area contributed by atoms with Gasteiger partial charge in [-0.2, -0.15) is 0 Å². The molecule has 0 amide bonds. The van der Waals surface area contributed by atoms with Crippen LogP contribution in [0.5, 0.6) is 0 Å². The Kier molecular flexibility index (Phi) is 1.59. The lowest BCUT2D eigenvalue weighted by Gasteiger charge is -1.99. The lowest BCUT2D eigenvalue weighted by Crippen LogP contribution is -2.00. The van der Waals surface area contributed by atoms with E-state index >= 15 is 0 Å². The number of hydrogen-bond donors (Lipinski definition) is 0. The zero-order chi connectivity index (χ0) is 8.39. The van der Waals surface area contributed by atoms with E-state index in [0.29, 0.717) is 5.95 Å². The van der Waals surface area contributed by atoms with Gasteiger partial charge in [0.15, 0.2) is 0 Å². The Labute approximate surface area is 69.9 Å². The van der Waals surface area contributed by atoms with Gasteiger partial charge >= 0.3 is 0 Å². The van der Waals surface area contributed by atoms with Crippen molar-refractivity contribution in [3.8, 4) is 5.95 Å². The molecule has 2 rings (SSSR count). The number of aryl methyl sites for hydroxylation is 1. The molecule has 2 aromatic heterocycles. The maximum Gasteiger partial charge on any atom is 0.235 e. The highest BCUT2D eigenvalue weighted by molar-refractivity contribution is 5.13. The molecule has 0 aliphatic heterocycles. The lowest BCUT2D eigenvalue weighted by molar-refractivity contribution is 0.882. The van der Waals surface area contributed by atoms with E-state index in [0.717, 1.165) is 5.82 Å². The van der Waals surface area contributed by atoms with Crippen molar-refractivity contribution in [1.29, 1.82) is 0 Å². The number of imidazole rings is 1. The molecule has 0 N–H and O–H groups in total. The first-order chi connectivity index (χ1) is 5.88. The Morgan fingerprint density at radius 2 is 1.83 bits per heavy atom. The third kappa shape index (κ3) is 1.07. The van der Waals surface area contributed by atoms with Crippen LogP contribution in [0.2, 0.25) is 0 Å². The molecule has 0 atom stereocenters. The maximum atomic E-state index is 4.09. The fourth-order valence-corrected chi connectivity index (χ4v) is 1.00. The summed E-state index contributed by atoms with van der Waals surface area (Å²) in [5.74, 6) is 1.55. The molecule has 0 unspecified atom stereocenters. The number of aromatic nitrogens is 4. The van der Waals surface area contributed by atoms with Crippen molar-refractivity contribution in [3.63, 3.8) is 0 Å². The van der Waals surface area contributed by atoms with E-state index in [2.05, 4.69) is 15.0 Å². The van der Waals surface area contributed by atoms with Gasteiger partial charge in [-0.3, -0.25) is 4.57 Å². The summed E-state index contributed by atoms with van der Waals surface area (Å²) in [6.45, 7) is 1.91. The van der Waals surface area contributed by atoms with E-state index in [1.165, 1.54) is 0 Å². The van der Waals surface area contributed by atoms with Crippen LogP contribution >= 0.6 is 0 Å². The summed E-state index contributed by atoms with van der Waals surface area (Å²) in [5.41, 5.74) is 0. The molecule has 0 radical (unpaired) electrons. The summed E-state index contributed by atoms with van der Waals surface area (Å²) in [7, 11) is 0. The van der Waals surface area contributed by atoms with E-state index in [1.54, 1.807) is 24.7 Å². The van der Waals surface area contributed by atoms with E-state index < -0.39 is 0 Å². The van der Waals surface area contributed by atoms with Crippen molar-refractivity contribution in [2.75, 3.05) is 0 Å². The summed E-state index contributed by atoms with van der Waals surface area (Å²) in [6.07, 6.45) is 6.99. The molecule has 0 spiro atoms. The Morgan fingerprint density at radius 3 is 2.42 bits per heavy atom. The van der Waals surface area contributed by atoms with Gasteiger partial charge in [0.1, 0.15) is 5.82 Å². The second-order valence-corrected chi connectivity index (χ2v) is 2.39. The molecule has 0 saturated heterocycles. The molecule has 12 heavy (non-hydrogen) atoms. The Bertz CT molecular complexity index is 366. The minimum absolute atomic E-state index is 0.660. The number of hydrogen-bond acceptors (Lipinski definition) is 3. The van der Waals surface area contributed by atoms with Crippen LogP contribution < -0.4 is 0 Å². The summed E-state index contributed by atoms with van der Waals surface area (Å²) >= 11 is 0. The van der Waals surface area contributed by atoms with Gasteiger partial charge in [-0.25, -0.2) is 15.0 Å². The molecule has 0 fully saturated rings. The lowest BCUT2D eigenvalue weighted by atomic mass is 10.6. The van der Waals surface area contributed by atoms with Gasteiger partial charge in [0.25, 0.3) is 0 Å². The van der Waals surface area contributed by atoms with Gasteiger partial charge in [0, 0.05) is 24.8 Å². The van der Waals surface area contributed by atoms with Gasteiger partial charge < -0.3 is 0 Å². The molecule has 60 valence electrons. The van der Waals surface area contributed by atoms with Gasteiger partial charge in [-0.1, -0.05) is 0 Å². The van der Waals surface area contributed by atoms with Crippen LogP contribution in [-0.2, 0) is 0 Å². The maximum absolute atomic E-state index is 4.09. The molecule has 2 heterocycles. The monoisotopic (exact) mass is 160 g/mol. The first kappa shape index (κ1) is 6.97. The van der Waals surface area contributed by atoms with E-state index in [-0.39, 0.29) is 0 Å². The molecule has 0 aliphatic carbocycles. The summed E-state index contributed by atoms with van der Waals surface area (Å²) in [4.78, 5) is 12.3. The average Bonchev–Trinajstić information content (AvgIpc) is 2.53.